The van der Waals surface area contributed by atoms with E-state index in [0.29, 0.717) is 17.2 Å². The molecule has 1 aromatic heterocycles. The van der Waals surface area contributed by atoms with Gasteiger partial charge >= 0.3 is 0 Å². The van der Waals surface area contributed by atoms with Crippen molar-refractivity contribution in [2.75, 3.05) is 20.2 Å². The number of ether oxygens (including phenoxy) is 1. The van der Waals surface area contributed by atoms with E-state index in [9.17, 15) is 9.18 Å². The minimum absolute atomic E-state index is 0.135. The highest BCUT2D eigenvalue weighted by Gasteiger charge is 2.29. The molecule has 3 aromatic rings. The zero-order valence-electron chi connectivity index (χ0n) is 17.5. The topological polar surface area (TPSA) is 67.6 Å². The van der Waals surface area contributed by atoms with Crippen LogP contribution < -0.4 is 10.1 Å². The molecule has 1 aliphatic heterocycles. The van der Waals surface area contributed by atoms with E-state index in [1.54, 1.807) is 25.3 Å². The molecular weight excluding hydrogens is 397 g/mol. The van der Waals surface area contributed by atoms with Crippen LogP contribution in [0.5, 0.6) is 5.75 Å². The molecule has 1 fully saturated rings. The number of likely N-dealkylation sites (tertiary alicyclic amines) is 1. The van der Waals surface area contributed by atoms with Crippen LogP contribution in [0.4, 0.5) is 4.39 Å². The Hall–Kier alpha value is -3.19. The van der Waals surface area contributed by atoms with Gasteiger partial charge in [0.1, 0.15) is 23.3 Å². The van der Waals surface area contributed by atoms with Crippen LogP contribution in [0, 0.1) is 5.82 Å². The molecule has 31 heavy (non-hydrogen) atoms. The van der Waals surface area contributed by atoms with Crippen molar-refractivity contribution in [1.82, 2.24) is 15.4 Å². The number of amides is 1. The Morgan fingerprint density at radius 3 is 2.65 bits per heavy atom. The normalized spacial score (nSPS) is 15.4. The quantitative estimate of drug-likeness (QED) is 0.613. The molecule has 1 unspecified atom stereocenters. The van der Waals surface area contributed by atoms with Crippen LogP contribution in [0.1, 0.15) is 36.6 Å². The number of methoxy groups -OCH3 is 1. The van der Waals surface area contributed by atoms with Gasteiger partial charge in [-0.3, -0.25) is 9.69 Å². The van der Waals surface area contributed by atoms with Gasteiger partial charge in [-0.05, 0) is 55.8 Å². The SMILES string of the molecule is COc1ccccc1-c1cc(CNC(=O)C(c2ccc(F)cc2)N2CCCCC2)on1. The van der Waals surface area contributed by atoms with Gasteiger partial charge in [0.05, 0.1) is 13.7 Å². The number of nitrogens with one attached hydrogen (secondary N) is 1. The van der Waals surface area contributed by atoms with Crippen molar-refractivity contribution in [3.63, 3.8) is 0 Å². The van der Waals surface area contributed by atoms with Crippen LogP contribution >= 0.6 is 0 Å². The Bertz CT molecular complexity index is 1010. The van der Waals surface area contributed by atoms with E-state index >= 15 is 0 Å². The fourth-order valence-corrected chi connectivity index (χ4v) is 4.00. The first-order chi connectivity index (χ1) is 15.2. The van der Waals surface area contributed by atoms with Gasteiger partial charge in [-0.25, -0.2) is 4.39 Å². The van der Waals surface area contributed by atoms with E-state index in [0.717, 1.165) is 43.5 Å². The van der Waals surface area contributed by atoms with Gasteiger partial charge in [-0.2, -0.15) is 0 Å². The smallest absolute Gasteiger partial charge is 0.242 e. The van der Waals surface area contributed by atoms with Gasteiger partial charge in [0.25, 0.3) is 0 Å². The monoisotopic (exact) mass is 423 g/mol. The number of halogens is 1. The second-order valence-electron chi connectivity index (χ2n) is 7.65. The first-order valence-electron chi connectivity index (χ1n) is 10.5. The standard InChI is InChI=1S/C24H26FN3O3/c1-30-22-8-4-3-7-20(22)21-15-19(31-27-21)16-26-24(29)23(28-13-5-2-6-14-28)17-9-11-18(25)12-10-17/h3-4,7-12,15,23H,2,5-6,13-14,16H2,1H3,(H,26,29). The number of benzene rings is 2. The van der Waals surface area contributed by atoms with Crippen LogP contribution in [0.25, 0.3) is 11.3 Å². The van der Waals surface area contributed by atoms with Gasteiger partial charge in [0, 0.05) is 11.6 Å². The zero-order chi connectivity index (χ0) is 21.6. The zero-order valence-corrected chi connectivity index (χ0v) is 17.5. The highest BCUT2D eigenvalue weighted by molar-refractivity contribution is 5.83. The molecule has 162 valence electrons. The summed E-state index contributed by atoms with van der Waals surface area (Å²) < 4.78 is 24.2. The second-order valence-corrected chi connectivity index (χ2v) is 7.65. The number of carbonyl (C=O) groups is 1. The number of piperidine rings is 1. The summed E-state index contributed by atoms with van der Waals surface area (Å²) in [7, 11) is 1.61. The number of para-hydroxylation sites is 1. The molecule has 4 rings (SSSR count). The van der Waals surface area contributed by atoms with Gasteiger partial charge in [0.15, 0.2) is 5.76 Å². The van der Waals surface area contributed by atoms with Crippen LogP contribution in [0.2, 0.25) is 0 Å². The van der Waals surface area contributed by atoms with E-state index in [1.165, 1.54) is 12.1 Å². The Balaban J connectivity index is 1.48. The van der Waals surface area contributed by atoms with Gasteiger partial charge < -0.3 is 14.6 Å². The number of hydrogen-bond donors (Lipinski definition) is 1. The summed E-state index contributed by atoms with van der Waals surface area (Å²) in [5.74, 6) is 0.800. The van der Waals surface area contributed by atoms with Crippen molar-refractivity contribution in [3.8, 4) is 17.0 Å². The van der Waals surface area contributed by atoms with Crippen molar-refractivity contribution in [2.24, 2.45) is 0 Å². The number of nitrogens with zero attached hydrogens (tertiary/aromatic N) is 2. The van der Waals surface area contributed by atoms with Crippen LogP contribution in [0.3, 0.4) is 0 Å². The third-order valence-electron chi connectivity index (χ3n) is 5.57. The minimum Gasteiger partial charge on any atom is -0.496 e. The molecule has 1 amide bonds. The van der Waals surface area contributed by atoms with E-state index in [2.05, 4.69) is 15.4 Å². The molecule has 1 saturated heterocycles. The summed E-state index contributed by atoms with van der Waals surface area (Å²) in [6, 6.07) is 15.1. The molecular formula is C24H26FN3O3. The van der Waals surface area contributed by atoms with Crippen molar-refractivity contribution in [3.05, 3.63) is 71.7 Å². The van der Waals surface area contributed by atoms with Crippen LogP contribution in [-0.4, -0.2) is 36.2 Å². The third-order valence-corrected chi connectivity index (χ3v) is 5.57. The largest absolute Gasteiger partial charge is 0.496 e. The molecule has 0 aliphatic carbocycles. The molecule has 0 radical (unpaired) electrons. The van der Waals surface area contributed by atoms with Crippen molar-refractivity contribution < 1.29 is 18.4 Å². The fraction of sp³-hybridized carbons (Fsp3) is 0.333. The molecule has 0 bridgehead atoms. The summed E-state index contributed by atoms with van der Waals surface area (Å²) >= 11 is 0. The first kappa shape index (κ1) is 21.1. The van der Waals surface area contributed by atoms with E-state index in [-0.39, 0.29) is 18.3 Å². The molecule has 2 heterocycles. The molecule has 1 N–H and O–H groups in total. The van der Waals surface area contributed by atoms with Gasteiger partial charge in [-0.1, -0.05) is 35.8 Å². The summed E-state index contributed by atoms with van der Waals surface area (Å²) in [5, 5.41) is 7.08. The number of aromatic nitrogens is 1. The fourth-order valence-electron chi connectivity index (χ4n) is 4.00. The molecule has 6 nitrogen and oxygen atoms in total. The summed E-state index contributed by atoms with van der Waals surface area (Å²) in [5.41, 5.74) is 2.25. The Labute approximate surface area is 181 Å². The summed E-state index contributed by atoms with van der Waals surface area (Å²) in [6.07, 6.45) is 3.27. The lowest BCUT2D eigenvalue weighted by Gasteiger charge is -2.33. The summed E-state index contributed by atoms with van der Waals surface area (Å²) in [4.78, 5) is 15.3. The molecule has 0 saturated carbocycles. The maximum atomic E-state index is 13.4. The number of rotatable bonds is 7. The average molecular weight is 423 g/mol. The van der Waals surface area contributed by atoms with Crippen LogP contribution in [0.15, 0.2) is 59.1 Å². The Morgan fingerprint density at radius 1 is 1.16 bits per heavy atom. The lowest BCUT2D eigenvalue weighted by molar-refractivity contribution is -0.127. The highest BCUT2D eigenvalue weighted by Crippen LogP contribution is 2.29. The van der Waals surface area contributed by atoms with E-state index in [4.69, 9.17) is 9.26 Å². The van der Waals surface area contributed by atoms with E-state index in [1.807, 2.05) is 24.3 Å². The Kier molecular flexibility index (Phi) is 6.62. The molecule has 1 aliphatic rings. The van der Waals surface area contributed by atoms with Gasteiger partial charge in [-0.15, -0.1) is 0 Å². The minimum atomic E-state index is -0.461. The lowest BCUT2D eigenvalue weighted by atomic mass is 10.0. The van der Waals surface area contributed by atoms with Crippen molar-refractivity contribution >= 4 is 5.91 Å². The lowest BCUT2D eigenvalue weighted by Crippen LogP contribution is -2.42. The average Bonchev–Trinajstić information content (AvgIpc) is 3.29. The van der Waals surface area contributed by atoms with Gasteiger partial charge in [0.2, 0.25) is 5.91 Å². The molecule has 2 aromatic carbocycles. The maximum absolute atomic E-state index is 13.4. The third kappa shape index (κ3) is 4.94. The highest BCUT2D eigenvalue weighted by atomic mass is 19.1. The predicted molar refractivity (Wildman–Crippen MR) is 115 cm³/mol. The maximum Gasteiger partial charge on any atom is 0.242 e. The number of carbonyl (C=O) groups excluding carboxylic acids is 1. The number of hydrogen-bond acceptors (Lipinski definition) is 5. The predicted octanol–water partition coefficient (Wildman–Crippen LogP) is 4.33. The molecule has 0 spiro atoms. The first-order valence-corrected chi connectivity index (χ1v) is 10.5. The van der Waals surface area contributed by atoms with Crippen LogP contribution in [-0.2, 0) is 11.3 Å². The van der Waals surface area contributed by atoms with Crippen molar-refractivity contribution in [2.45, 2.75) is 31.8 Å². The second kappa shape index (κ2) is 9.75. The molecule has 1 atom stereocenters. The van der Waals surface area contributed by atoms with E-state index < -0.39 is 6.04 Å². The Morgan fingerprint density at radius 2 is 1.90 bits per heavy atom. The summed E-state index contributed by atoms with van der Waals surface area (Å²) in [6.45, 7) is 1.90. The van der Waals surface area contributed by atoms with Crippen molar-refractivity contribution in [1.29, 1.82) is 0 Å². The molecule has 7 heteroatoms.